The number of alkyl carbamates (subject to hydrolysis) is 1. The molecule has 12 heteroatoms. The number of imide groups is 1. The Balaban J connectivity index is 1.38. The molecule has 0 bridgehead atoms. The van der Waals surface area contributed by atoms with Crippen LogP contribution in [0.25, 0.3) is 11.0 Å². The predicted octanol–water partition coefficient (Wildman–Crippen LogP) is 5.48. The number of fused-ring (bicyclic) bond motifs is 1. The number of ether oxygens (including phenoxy) is 2. The molecule has 2 aromatic heterocycles. The molecule has 0 spiro atoms. The van der Waals surface area contributed by atoms with Crippen LogP contribution >= 0.6 is 0 Å². The Morgan fingerprint density at radius 2 is 1.80 bits per heavy atom. The van der Waals surface area contributed by atoms with Crippen molar-refractivity contribution in [3.8, 4) is 0 Å². The molecule has 1 atom stereocenters. The van der Waals surface area contributed by atoms with E-state index in [2.05, 4.69) is 22.5 Å². The molecule has 4 aromatic rings. The highest BCUT2D eigenvalue weighted by Gasteiger charge is 2.22. The smallest absolute Gasteiger partial charge is 0.414 e. The molecule has 2 aromatic carbocycles. The van der Waals surface area contributed by atoms with Gasteiger partial charge in [0.15, 0.2) is 6.23 Å². The zero-order chi connectivity index (χ0) is 32.9. The van der Waals surface area contributed by atoms with Crippen LogP contribution in [0.3, 0.4) is 0 Å². The molecule has 0 radical (unpaired) electrons. The van der Waals surface area contributed by atoms with E-state index < -0.39 is 18.2 Å². The number of benzene rings is 2. The minimum absolute atomic E-state index is 0.0977. The largest absolute Gasteiger partial charge is 0.466 e. The molecule has 4 rings (SSSR count). The van der Waals surface area contributed by atoms with Gasteiger partial charge in [-0.1, -0.05) is 38.3 Å². The fraction of sp³-hybridized carbons (Fsp3) is 0.382. The molecular formula is C34H42N6O6. The summed E-state index contributed by atoms with van der Waals surface area (Å²) in [5, 5.41) is 16.9. The van der Waals surface area contributed by atoms with E-state index in [1.807, 2.05) is 35.9 Å². The first-order valence-corrected chi connectivity index (χ1v) is 15.6. The highest BCUT2D eigenvalue weighted by Crippen LogP contribution is 2.27. The van der Waals surface area contributed by atoms with E-state index >= 15 is 0 Å². The van der Waals surface area contributed by atoms with Crippen LogP contribution in [0.15, 0.2) is 66.9 Å². The number of amides is 2. The van der Waals surface area contributed by atoms with Crippen molar-refractivity contribution in [1.82, 2.24) is 19.9 Å². The number of aryl methyl sites for hydroxylation is 1. The van der Waals surface area contributed by atoms with E-state index in [1.165, 1.54) is 0 Å². The van der Waals surface area contributed by atoms with Crippen LogP contribution < -0.4 is 15.5 Å². The van der Waals surface area contributed by atoms with Crippen molar-refractivity contribution in [3.63, 3.8) is 0 Å². The maximum atomic E-state index is 12.4. The average molecular weight is 631 g/mol. The summed E-state index contributed by atoms with van der Waals surface area (Å²) in [7, 11) is 1.91. The van der Waals surface area contributed by atoms with Crippen LogP contribution in [0.2, 0.25) is 0 Å². The van der Waals surface area contributed by atoms with Crippen LogP contribution in [0.4, 0.5) is 16.3 Å². The first-order valence-electron chi connectivity index (χ1n) is 15.6. The summed E-state index contributed by atoms with van der Waals surface area (Å²) < 4.78 is 12.1. The van der Waals surface area contributed by atoms with Crippen molar-refractivity contribution in [2.75, 3.05) is 30.0 Å². The third-order valence-electron chi connectivity index (χ3n) is 7.44. The van der Waals surface area contributed by atoms with E-state index in [0.717, 1.165) is 42.7 Å². The summed E-state index contributed by atoms with van der Waals surface area (Å²) in [6, 6.07) is 17.7. The van der Waals surface area contributed by atoms with E-state index in [9.17, 15) is 19.5 Å². The Bertz CT molecular complexity index is 1590. The second-order valence-electron chi connectivity index (χ2n) is 10.7. The molecule has 0 aliphatic rings. The van der Waals surface area contributed by atoms with Gasteiger partial charge in [0.05, 0.1) is 37.2 Å². The number of imidazole rings is 1. The monoisotopic (exact) mass is 630 g/mol. The molecule has 2 amide bonds. The summed E-state index contributed by atoms with van der Waals surface area (Å²) in [4.78, 5) is 47.2. The van der Waals surface area contributed by atoms with Crippen LogP contribution in [0.5, 0.6) is 0 Å². The van der Waals surface area contributed by atoms with Crippen molar-refractivity contribution in [2.24, 2.45) is 7.05 Å². The Kier molecular flexibility index (Phi) is 12.5. The van der Waals surface area contributed by atoms with Crippen LogP contribution in [-0.4, -0.2) is 57.4 Å². The van der Waals surface area contributed by atoms with Gasteiger partial charge in [0, 0.05) is 36.6 Å². The third-order valence-corrected chi connectivity index (χ3v) is 7.44. The molecule has 12 nitrogen and oxygen atoms in total. The number of carbonyl (C=O) groups excluding carboxylic acids is 3. The molecule has 2 heterocycles. The second kappa shape index (κ2) is 16.9. The number of aliphatic hydroxyl groups excluding tert-OH is 1. The van der Waals surface area contributed by atoms with Gasteiger partial charge in [0.2, 0.25) is 0 Å². The van der Waals surface area contributed by atoms with Gasteiger partial charge in [0.1, 0.15) is 11.6 Å². The van der Waals surface area contributed by atoms with E-state index in [0.29, 0.717) is 35.6 Å². The van der Waals surface area contributed by atoms with Gasteiger partial charge in [0.25, 0.3) is 5.91 Å². The number of aliphatic hydroxyl groups is 1. The van der Waals surface area contributed by atoms with Crippen molar-refractivity contribution >= 4 is 40.5 Å². The summed E-state index contributed by atoms with van der Waals surface area (Å²) in [6.45, 7) is 5.05. The maximum absolute atomic E-state index is 12.4. The lowest BCUT2D eigenvalue weighted by Gasteiger charge is -2.29. The zero-order valence-corrected chi connectivity index (χ0v) is 26.6. The standard InChI is InChI=1S/C34H42N6O6/c1-4-6-7-10-21-46-34(44)38-32(42)24-12-15-26(16-13-24)36-23-30-37-27-22-25(14-17-28(27)39(30)3)33(43)40(20-18-31(41)45-5-2)29-11-8-9-19-35-29/h8-9,11-17,19,22,33,36,43H,4-7,10,18,20-21,23H2,1-3H3,(H,38,42,44). The first-order chi connectivity index (χ1) is 22.3. The quantitative estimate of drug-likeness (QED) is 0.0826. The lowest BCUT2D eigenvalue weighted by atomic mass is 10.1. The van der Waals surface area contributed by atoms with Gasteiger partial charge >= 0.3 is 12.1 Å². The molecule has 0 aliphatic carbocycles. The van der Waals surface area contributed by atoms with Crippen molar-refractivity contribution in [3.05, 3.63) is 83.8 Å². The highest BCUT2D eigenvalue weighted by molar-refractivity contribution is 6.03. The lowest BCUT2D eigenvalue weighted by Crippen LogP contribution is -2.32. The van der Waals surface area contributed by atoms with E-state index in [1.54, 1.807) is 54.4 Å². The molecule has 0 fully saturated rings. The number of pyridine rings is 1. The topological polar surface area (TPSA) is 148 Å². The molecule has 0 saturated heterocycles. The minimum atomic E-state index is -1.07. The van der Waals surface area contributed by atoms with Crippen molar-refractivity contribution < 1.29 is 29.0 Å². The van der Waals surface area contributed by atoms with E-state index in [-0.39, 0.29) is 25.5 Å². The number of esters is 1. The number of unbranched alkanes of at least 4 members (excludes halogenated alkanes) is 3. The summed E-state index contributed by atoms with van der Waals surface area (Å²) in [5.74, 6) is 0.417. The zero-order valence-electron chi connectivity index (χ0n) is 26.6. The number of hydrogen-bond donors (Lipinski definition) is 3. The SMILES string of the molecule is CCCCCCOC(=O)NC(=O)c1ccc(NCc2nc3cc(C(O)N(CCC(=O)OCC)c4ccccn4)ccc3n2C)cc1. The predicted molar refractivity (Wildman–Crippen MR) is 175 cm³/mol. The number of nitrogens with one attached hydrogen (secondary N) is 2. The number of hydrogen-bond acceptors (Lipinski definition) is 10. The summed E-state index contributed by atoms with van der Waals surface area (Å²) in [5.41, 5.74) is 3.29. The molecule has 1 unspecified atom stereocenters. The highest BCUT2D eigenvalue weighted by atomic mass is 16.5. The fourth-order valence-electron chi connectivity index (χ4n) is 4.91. The Morgan fingerprint density at radius 3 is 2.52 bits per heavy atom. The first kappa shape index (κ1) is 33.9. The van der Waals surface area contributed by atoms with Crippen molar-refractivity contribution in [2.45, 2.75) is 58.7 Å². The van der Waals surface area contributed by atoms with Crippen LogP contribution in [0, 0.1) is 0 Å². The Morgan fingerprint density at radius 1 is 1.00 bits per heavy atom. The average Bonchev–Trinajstić information content (AvgIpc) is 3.38. The van der Waals surface area contributed by atoms with Gasteiger partial charge in [-0.15, -0.1) is 0 Å². The maximum Gasteiger partial charge on any atom is 0.414 e. The van der Waals surface area contributed by atoms with Gasteiger partial charge < -0.3 is 29.4 Å². The van der Waals surface area contributed by atoms with E-state index in [4.69, 9.17) is 14.5 Å². The molecule has 46 heavy (non-hydrogen) atoms. The second-order valence-corrected chi connectivity index (χ2v) is 10.7. The van der Waals surface area contributed by atoms with Crippen LogP contribution in [0.1, 0.15) is 73.9 Å². The third kappa shape index (κ3) is 9.27. The minimum Gasteiger partial charge on any atom is -0.466 e. The van der Waals surface area contributed by atoms with Gasteiger partial charge in [-0.3, -0.25) is 14.9 Å². The Labute approximate surface area is 268 Å². The van der Waals surface area contributed by atoms with Gasteiger partial charge in [-0.05, 0) is 61.9 Å². The molecule has 0 aliphatic heterocycles. The molecule has 0 saturated carbocycles. The summed E-state index contributed by atoms with van der Waals surface area (Å²) in [6.07, 6.45) is 3.84. The molecule has 244 valence electrons. The number of anilines is 2. The van der Waals surface area contributed by atoms with Gasteiger partial charge in [-0.2, -0.15) is 0 Å². The fourth-order valence-corrected chi connectivity index (χ4v) is 4.91. The Hall–Kier alpha value is -4.97. The van der Waals surface area contributed by atoms with Crippen LogP contribution in [-0.2, 0) is 27.9 Å². The number of rotatable bonds is 16. The molecule has 3 N–H and O–H groups in total. The summed E-state index contributed by atoms with van der Waals surface area (Å²) >= 11 is 0. The number of nitrogens with zero attached hydrogens (tertiary/aromatic N) is 4. The normalized spacial score (nSPS) is 11.6. The number of aromatic nitrogens is 3. The lowest BCUT2D eigenvalue weighted by molar-refractivity contribution is -0.142. The van der Waals surface area contributed by atoms with Crippen molar-refractivity contribution in [1.29, 1.82) is 0 Å². The van der Waals surface area contributed by atoms with Gasteiger partial charge in [-0.25, -0.2) is 14.8 Å². The molecular weight excluding hydrogens is 588 g/mol. The number of carbonyl (C=O) groups is 3.